The predicted molar refractivity (Wildman–Crippen MR) is 167 cm³/mol. The minimum atomic E-state index is -0.267. The second kappa shape index (κ2) is 14.8. The zero-order chi connectivity index (χ0) is 29.4. The number of rotatable bonds is 13. The summed E-state index contributed by atoms with van der Waals surface area (Å²) in [4.78, 5) is 13.5. The van der Waals surface area contributed by atoms with E-state index in [0.717, 1.165) is 41.2 Å². The van der Waals surface area contributed by atoms with E-state index < -0.39 is 0 Å². The highest BCUT2D eigenvalue weighted by molar-refractivity contribution is 5.92. The van der Waals surface area contributed by atoms with Crippen molar-refractivity contribution < 1.29 is 9.53 Å². The number of nitrogens with one attached hydrogen (secondary N) is 1. The summed E-state index contributed by atoms with van der Waals surface area (Å²) in [7, 11) is 0. The van der Waals surface area contributed by atoms with Crippen LogP contribution in [0.15, 0.2) is 54.6 Å². The van der Waals surface area contributed by atoms with Crippen molar-refractivity contribution in [3.05, 3.63) is 77.4 Å². The van der Waals surface area contributed by atoms with Crippen molar-refractivity contribution in [2.24, 2.45) is 17.8 Å². The van der Waals surface area contributed by atoms with E-state index in [4.69, 9.17) is 14.9 Å². The van der Waals surface area contributed by atoms with Gasteiger partial charge in [-0.25, -0.2) is 0 Å². The van der Waals surface area contributed by atoms with Gasteiger partial charge in [-0.15, -0.1) is 10.2 Å². The molecule has 41 heavy (non-hydrogen) atoms. The molecule has 222 valence electrons. The number of ether oxygens (including phenoxy) is 1. The normalized spacial score (nSPS) is 19.6. The lowest BCUT2D eigenvalue weighted by Gasteiger charge is -2.36. The van der Waals surface area contributed by atoms with Crippen molar-refractivity contribution in [1.29, 1.82) is 0 Å². The first kappa shape index (κ1) is 31.0. The van der Waals surface area contributed by atoms with Gasteiger partial charge in [0.05, 0.1) is 6.61 Å². The lowest BCUT2D eigenvalue weighted by molar-refractivity contribution is -0.120. The molecule has 0 spiro atoms. The fourth-order valence-electron chi connectivity index (χ4n) is 6.01. The van der Waals surface area contributed by atoms with Crippen LogP contribution in [0.5, 0.6) is 0 Å². The molecule has 1 aromatic heterocycles. The highest BCUT2D eigenvalue weighted by atomic mass is 16.5. The van der Waals surface area contributed by atoms with Crippen molar-refractivity contribution in [1.82, 2.24) is 14.8 Å². The number of carbonyl (C=O) groups is 1. The van der Waals surface area contributed by atoms with Crippen LogP contribution in [0.4, 0.5) is 5.69 Å². The zero-order valence-electron chi connectivity index (χ0n) is 26.0. The van der Waals surface area contributed by atoms with Gasteiger partial charge in [-0.2, -0.15) is 0 Å². The summed E-state index contributed by atoms with van der Waals surface area (Å²) in [5, 5.41) is 12.7. The lowest BCUT2D eigenvalue weighted by Crippen LogP contribution is -2.30. The van der Waals surface area contributed by atoms with Crippen molar-refractivity contribution in [3.63, 3.8) is 0 Å². The molecular formula is C35H50N4O2. The third kappa shape index (κ3) is 8.28. The molecule has 2 aliphatic carbocycles. The maximum atomic E-state index is 13.5. The monoisotopic (exact) mass is 558 g/mol. The third-order valence-corrected chi connectivity index (χ3v) is 8.42. The molecule has 3 aromatic rings. The van der Waals surface area contributed by atoms with Crippen LogP contribution in [0.25, 0.3) is 0 Å². The van der Waals surface area contributed by atoms with Crippen LogP contribution < -0.4 is 5.32 Å². The molecule has 0 aliphatic heterocycles. The van der Waals surface area contributed by atoms with Crippen LogP contribution in [0.3, 0.4) is 0 Å². The van der Waals surface area contributed by atoms with Gasteiger partial charge >= 0.3 is 0 Å². The molecule has 0 bridgehead atoms. The van der Waals surface area contributed by atoms with Crippen molar-refractivity contribution >= 4 is 11.6 Å². The van der Waals surface area contributed by atoms with Gasteiger partial charge in [0.25, 0.3) is 0 Å². The van der Waals surface area contributed by atoms with Gasteiger partial charge in [0.1, 0.15) is 11.6 Å². The van der Waals surface area contributed by atoms with Crippen molar-refractivity contribution in [2.45, 2.75) is 105 Å². The fraction of sp³-hybridized carbons (Fsp3) is 0.571. The van der Waals surface area contributed by atoms with Gasteiger partial charge < -0.3 is 14.6 Å². The molecule has 2 aromatic carbocycles. The van der Waals surface area contributed by atoms with E-state index in [1.165, 1.54) is 37.7 Å². The van der Waals surface area contributed by atoms with E-state index >= 15 is 0 Å². The molecule has 1 amide bonds. The summed E-state index contributed by atoms with van der Waals surface area (Å²) in [6.07, 6.45) is 6.76. The maximum Gasteiger partial charge on any atom is 0.227 e. The number of hydrogen-bond donors (Lipinski definition) is 1. The highest BCUT2D eigenvalue weighted by Gasteiger charge is 2.40. The van der Waals surface area contributed by atoms with E-state index in [9.17, 15) is 4.79 Å². The number of aryl methyl sites for hydroxylation is 1. The number of nitrogens with zero attached hydrogens (tertiary/aromatic N) is 3. The third-order valence-electron chi connectivity index (χ3n) is 8.42. The summed E-state index contributed by atoms with van der Waals surface area (Å²) in [5.74, 6) is 3.81. The first-order chi connectivity index (χ1) is 19.9. The number of hydrogen-bond acceptors (Lipinski definition) is 4. The second-order valence-corrected chi connectivity index (χ2v) is 12.3. The SMILES string of the molecule is CC.Cc1ccc(NC(=O)C(C)C(CCOCc2ccccc2)c2nnc(C3CC(CC(C)C)C3)n2C2CC2)cc1. The molecule has 0 radical (unpaired) electrons. The lowest BCUT2D eigenvalue weighted by atomic mass is 9.71. The minimum absolute atomic E-state index is 0.0134. The predicted octanol–water partition coefficient (Wildman–Crippen LogP) is 8.45. The van der Waals surface area contributed by atoms with Crippen LogP contribution in [0, 0.1) is 24.7 Å². The van der Waals surface area contributed by atoms with Gasteiger partial charge in [-0.05, 0) is 75.0 Å². The van der Waals surface area contributed by atoms with E-state index in [-0.39, 0.29) is 17.7 Å². The zero-order valence-corrected chi connectivity index (χ0v) is 26.0. The van der Waals surface area contributed by atoms with Gasteiger partial charge in [-0.1, -0.05) is 82.6 Å². The van der Waals surface area contributed by atoms with Crippen LogP contribution in [-0.4, -0.2) is 27.3 Å². The van der Waals surface area contributed by atoms with E-state index in [1.54, 1.807) is 0 Å². The Morgan fingerprint density at radius 1 is 1.00 bits per heavy atom. The summed E-state index contributed by atoms with van der Waals surface area (Å²) < 4.78 is 8.52. The topological polar surface area (TPSA) is 69.0 Å². The standard InChI is InChI=1S/C33H44N4O2.C2H6/c1-22(2)18-26-19-27(20-26)31-35-36-32(37(31)29-14-15-29)30(16-17-39-21-25-8-6-5-7-9-25)24(4)33(38)34-28-12-10-23(3)11-13-28;1-2/h5-13,22,24,26-27,29-30H,14-21H2,1-4H3,(H,34,38);1-2H3. The van der Waals surface area contributed by atoms with Gasteiger partial charge in [0.2, 0.25) is 5.91 Å². The molecule has 2 unspecified atom stereocenters. The Morgan fingerprint density at radius 3 is 2.32 bits per heavy atom. The van der Waals surface area contributed by atoms with E-state index in [2.05, 4.69) is 42.8 Å². The second-order valence-electron chi connectivity index (χ2n) is 12.3. The molecule has 6 nitrogen and oxygen atoms in total. The molecule has 1 heterocycles. The van der Waals surface area contributed by atoms with Crippen molar-refractivity contribution in [3.8, 4) is 0 Å². The summed E-state index contributed by atoms with van der Waals surface area (Å²) >= 11 is 0. The Morgan fingerprint density at radius 2 is 1.68 bits per heavy atom. The largest absolute Gasteiger partial charge is 0.377 e. The number of aromatic nitrogens is 3. The van der Waals surface area contributed by atoms with Crippen LogP contribution in [-0.2, 0) is 16.1 Å². The van der Waals surface area contributed by atoms with Gasteiger partial charge in [0, 0.05) is 36.1 Å². The Hall–Kier alpha value is -2.99. The molecule has 5 rings (SSSR count). The average molecular weight is 559 g/mol. The highest BCUT2D eigenvalue weighted by Crippen LogP contribution is 2.48. The fourth-order valence-corrected chi connectivity index (χ4v) is 6.01. The van der Waals surface area contributed by atoms with Crippen LogP contribution >= 0.6 is 0 Å². The molecular weight excluding hydrogens is 508 g/mol. The Balaban J connectivity index is 0.00000189. The summed E-state index contributed by atoms with van der Waals surface area (Å²) in [6.45, 7) is 13.8. The summed E-state index contributed by atoms with van der Waals surface area (Å²) in [6, 6.07) is 18.7. The first-order valence-electron chi connectivity index (χ1n) is 15.8. The molecule has 2 atom stereocenters. The minimum Gasteiger partial charge on any atom is -0.377 e. The Labute approximate surface area is 247 Å². The van der Waals surface area contributed by atoms with Gasteiger partial charge in [-0.3, -0.25) is 4.79 Å². The Bertz CT molecular complexity index is 1210. The molecule has 6 heteroatoms. The van der Waals surface area contributed by atoms with Crippen LogP contribution in [0.2, 0.25) is 0 Å². The average Bonchev–Trinajstić information content (AvgIpc) is 3.71. The molecule has 2 saturated carbocycles. The quantitative estimate of drug-likeness (QED) is 0.214. The number of benzene rings is 2. The molecule has 2 fully saturated rings. The molecule has 0 saturated heterocycles. The number of anilines is 1. The Kier molecular flexibility index (Phi) is 11.1. The number of amides is 1. The molecule has 2 aliphatic rings. The smallest absolute Gasteiger partial charge is 0.227 e. The van der Waals surface area contributed by atoms with Crippen molar-refractivity contribution in [2.75, 3.05) is 11.9 Å². The van der Waals surface area contributed by atoms with E-state index in [0.29, 0.717) is 25.2 Å². The number of carbonyl (C=O) groups excluding carboxylic acids is 1. The maximum absolute atomic E-state index is 13.5. The molecule has 1 N–H and O–H groups in total. The van der Waals surface area contributed by atoms with Crippen LogP contribution in [0.1, 0.15) is 114 Å². The van der Waals surface area contributed by atoms with Gasteiger partial charge in [0.15, 0.2) is 0 Å². The summed E-state index contributed by atoms with van der Waals surface area (Å²) in [5.41, 5.74) is 3.15. The van der Waals surface area contributed by atoms with E-state index in [1.807, 2.05) is 63.2 Å². The first-order valence-corrected chi connectivity index (χ1v) is 15.8.